The molecule has 0 amide bonds. The normalized spacial score (nSPS) is 22.6. The van der Waals surface area contributed by atoms with Crippen molar-refractivity contribution in [2.45, 2.75) is 44.2 Å². The molecule has 2 rings (SSSR count). The van der Waals surface area contributed by atoms with E-state index in [-0.39, 0.29) is 6.04 Å². The first kappa shape index (κ1) is 14.8. The largest absolute Gasteiger partial charge is 0.480 e. The summed E-state index contributed by atoms with van der Waals surface area (Å²) in [5.74, 6) is -0.00946. The van der Waals surface area contributed by atoms with Crippen LogP contribution in [0.4, 0.5) is 0 Å². The third-order valence-corrected chi connectivity index (χ3v) is 4.02. The third-order valence-electron chi connectivity index (χ3n) is 4.02. The second-order valence-electron chi connectivity index (χ2n) is 5.94. The maximum atomic E-state index is 11.2. The van der Waals surface area contributed by atoms with Crippen molar-refractivity contribution in [3.63, 3.8) is 0 Å². The highest BCUT2D eigenvalue weighted by Gasteiger charge is 2.28. The number of ether oxygens (including phenoxy) is 1. The Labute approximate surface area is 115 Å². The quantitative estimate of drug-likeness (QED) is 0.687. The van der Waals surface area contributed by atoms with Crippen molar-refractivity contribution in [3.8, 4) is 0 Å². The van der Waals surface area contributed by atoms with E-state index in [0.717, 1.165) is 52.0 Å². The minimum atomic E-state index is -0.716. The van der Waals surface area contributed by atoms with Gasteiger partial charge in [0.25, 0.3) is 0 Å². The molecule has 1 saturated heterocycles. The zero-order chi connectivity index (χ0) is 13.7. The lowest BCUT2D eigenvalue weighted by Crippen LogP contribution is -2.41. The first-order valence-corrected chi connectivity index (χ1v) is 7.40. The fraction of sp³-hybridized carbons (Fsp3) is 0.929. The number of nitrogens with zero attached hydrogens (tertiary/aromatic N) is 1. The summed E-state index contributed by atoms with van der Waals surface area (Å²) >= 11 is 0. The van der Waals surface area contributed by atoms with Crippen molar-refractivity contribution in [2.75, 3.05) is 33.4 Å². The summed E-state index contributed by atoms with van der Waals surface area (Å²) in [6.45, 7) is 3.64. The first-order chi connectivity index (χ1) is 9.15. The molecule has 0 aromatic carbocycles. The molecule has 19 heavy (non-hydrogen) atoms. The molecule has 2 N–H and O–H groups in total. The van der Waals surface area contributed by atoms with E-state index in [0.29, 0.717) is 18.4 Å². The number of carboxylic acid groups (broad SMARTS) is 1. The van der Waals surface area contributed by atoms with Crippen molar-refractivity contribution in [1.82, 2.24) is 10.2 Å². The topological polar surface area (TPSA) is 61.8 Å². The summed E-state index contributed by atoms with van der Waals surface area (Å²) in [6.07, 6.45) is 5.20. The van der Waals surface area contributed by atoms with Crippen LogP contribution in [-0.4, -0.2) is 61.4 Å². The molecule has 0 bridgehead atoms. The molecule has 5 heteroatoms. The van der Waals surface area contributed by atoms with Gasteiger partial charge in [-0.05, 0) is 51.6 Å². The molecule has 2 fully saturated rings. The summed E-state index contributed by atoms with van der Waals surface area (Å²) in [6, 6.07) is 0.0616. The molecule has 1 unspecified atom stereocenters. The number of hydrogen-bond acceptors (Lipinski definition) is 4. The lowest BCUT2D eigenvalue weighted by molar-refractivity contribution is -0.139. The van der Waals surface area contributed by atoms with Gasteiger partial charge in [-0.3, -0.25) is 4.79 Å². The highest BCUT2D eigenvalue weighted by atomic mass is 16.5. The Morgan fingerprint density at radius 1 is 1.37 bits per heavy atom. The van der Waals surface area contributed by atoms with Crippen molar-refractivity contribution in [1.29, 1.82) is 0 Å². The molecule has 2 aliphatic rings. The molecule has 110 valence electrons. The van der Waals surface area contributed by atoms with Gasteiger partial charge < -0.3 is 20.1 Å². The highest BCUT2D eigenvalue weighted by molar-refractivity contribution is 5.73. The Balaban J connectivity index is 1.65. The van der Waals surface area contributed by atoms with Crippen molar-refractivity contribution in [3.05, 3.63) is 0 Å². The maximum Gasteiger partial charge on any atom is 0.320 e. The van der Waals surface area contributed by atoms with E-state index in [2.05, 4.69) is 17.3 Å². The second kappa shape index (κ2) is 7.22. The van der Waals surface area contributed by atoms with Gasteiger partial charge in [0.05, 0.1) is 0 Å². The van der Waals surface area contributed by atoms with E-state index < -0.39 is 5.97 Å². The molecule has 1 atom stereocenters. The SMILES string of the molecule is CN(CCC(NC1CC1)C(=O)O)CC1CCOCC1. The zero-order valence-corrected chi connectivity index (χ0v) is 11.8. The fourth-order valence-corrected chi connectivity index (χ4v) is 2.62. The Morgan fingerprint density at radius 3 is 2.63 bits per heavy atom. The number of rotatable bonds is 8. The van der Waals surface area contributed by atoms with Crippen LogP contribution in [0.15, 0.2) is 0 Å². The van der Waals surface area contributed by atoms with Gasteiger partial charge >= 0.3 is 5.97 Å². The van der Waals surface area contributed by atoms with Gasteiger partial charge in [0.15, 0.2) is 0 Å². The van der Waals surface area contributed by atoms with Gasteiger partial charge in [-0.2, -0.15) is 0 Å². The summed E-state index contributed by atoms with van der Waals surface area (Å²) in [5.41, 5.74) is 0. The molecule has 1 heterocycles. The van der Waals surface area contributed by atoms with Gasteiger partial charge in [-0.1, -0.05) is 0 Å². The van der Waals surface area contributed by atoms with E-state index in [4.69, 9.17) is 4.74 Å². The predicted octanol–water partition coefficient (Wildman–Crippen LogP) is 0.940. The molecule has 1 aliphatic heterocycles. The summed E-state index contributed by atoms with van der Waals surface area (Å²) in [5, 5.41) is 12.4. The van der Waals surface area contributed by atoms with Gasteiger partial charge in [0, 0.05) is 25.8 Å². The van der Waals surface area contributed by atoms with Gasteiger partial charge in [-0.25, -0.2) is 0 Å². The smallest absolute Gasteiger partial charge is 0.320 e. The van der Waals surface area contributed by atoms with E-state index in [1.54, 1.807) is 0 Å². The van der Waals surface area contributed by atoms with Gasteiger partial charge in [-0.15, -0.1) is 0 Å². The zero-order valence-electron chi connectivity index (χ0n) is 11.8. The average molecular weight is 270 g/mol. The van der Waals surface area contributed by atoms with Crippen LogP contribution < -0.4 is 5.32 Å². The lowest BCUT2D eigenvalue weighted by Gasteiger charge is -2.27. The molecule has 1 aliphatic carbocycles. The Morgan fingerprint density at radius 2 is 2.05 bits per heavy atom. The van der Waals surface area contributed by atoms with E-state index >= 15 is 0 Å². The number of nitrogens with one attached hydrogen (secondary N) is 1. The van der Waals surface area contributed by atoms with E-state index in [9.17, 15) is 9.90 Å². The van der Waals surface area contributed by atoms with E-state index in [1.165, 1.54) is 0 Å². The second-order valence-corrected chi connectivity index (χ2v) is 5.94. The summed E-state index contributed by atoms with van der Waals surface area (Å²) < 4.78 is 5.36. The molecule has 0 radical (unpaired) electrons. The van der Waals surface area contributed by atoms with Crippen LogP contribution in [0.3, 0.4) is 0 Å². The van der Waals surface area contributed by atoms with Crippen molar-refractivity contribution in [2.24, 2.45) is 5.92 Å². The fourth-order valence-electron chi connectivity index (χ4n) is 2.62. The molecule has 0 aromatic rings. The molecule has 1 saturated carbocycles. The van der Waals surface area contributed by atoms with Crippen LogP contribution in [0, 0.1) is 5.92 Å². The van der Waals surface area contributed by atoms with Crippen LogP contribution in [-0.2, 0) is 9.53 Å². The minimum absolute atomic E-state index is 0.385. The van der Waals surface area contributed by atoms with E-state index in [1.807, 2.05) is 0 Å². The summed E-state index contributed by atoms with van der Waals surface area (Å²) in [4.78, 5) is 13.4. The number of carbonyl (C=O) groups is 1. The number of hydrogen-bond donors (Lipinski definition) is 2. The number of carboxylic acids is 1. The third kappa shape index (κ3) is 5.47. The molecule has 0 spiro atoms. The van der Waals surface area contributed by atoms with Crippen LogP contribution in [0.2, 0.25) is 0 Å². The predicted molar refractivity (Wildman–Crippen MR) is 73.2 cm³/mol. The van der Waals surface area contributed by atoms with Crippen LogP contribution in [0.5, 0.6) is 0 Å². The van der Waals surface area contributed by atoms with Crippen molar-refractivity contribution < 1.29 is 14.6 Å². The first-order valence-electron chi connectivity index (χ1n) is 7.40. The van der Waals surface area contributed by atoms with Gasteiger partial charge in [0.1, 0.15) is 6.04 Å². The Bertz CT molecular complexity index is 288. The van der Waals surface area contributed by atoms with Crippen LogP contribution in [0.1, 0.15) is 32.1 Å². The minimum Gasteiger partial charge on any atom is -0.480 e. The molecular formula is C14H26N2O3. The van der Waals surface area contributed by atoms with Gasteiger partial charge in [0.2, 0.25) is 0 Å². The Hall–Kier alpha value is -0.650. The van der Waals surface area contributed by atoms with Crippen LogP contribution >= 0.6 is 0 Å². The molecule has 0 aromatic heterocycles. The molecule has 5 nitrogen and oxygen atoms in total. The number of aliphatic carboxylic acids is 1. The standard InChI is InChI=1S/C14H26N2O3/c1-16(10-11-5-8-19-9-6-11)7-4-13(14(17)18)15-12-2-3-12/h11-13,15H,2-10H2,1H3,(H,17,18). The summed E-state index contributed by atoms with van der Waals surface area (Å²) in [7, 11) is 2.09. The monoisotopic (exact) mass is 270 g/mol. The lowest BCUT2D eigenvalue weighted by atomic mass is 10.00. The van der Waals surface area contributed by atoms with Crippen LogP contribution in [0.25, 0.3) is 0 Å². The van der Waals surface area contributed by atoms with Crippen molar-refractivity contribution >= 4 is 5.97 Å². The maximum absolute atomic E-state index is 11.2. The Kier molecular flexibility index (Phi) is 5.60. The highest BCUT2D eigenvalue weighted by Crippen LogP contribution is 2.20. The average Bonchev–Trinajstić information content (AvgIpc) is 3.19. The molecular weight excluding hydrogens is 244 g/mol.